The summed E-state index contributed by atoms with van der Waals surface area (Å²) in [6.45, 7) is 14.7. The highest BCUT2D eigenvalue weighted by molar-refractivity contribution is 6.13. The number of nitriles is 1. The van der Waals surface area contributed by atoms with Gasteiger partial charge in [-0.2, -0.15) is 18.4 Å². The molecule has 0 radical (unpaired) electrons. The smallest absolute Gasteiger partial charge is 0.319 e. The summed E-state index contributed by atoms with van der Waals surface area (Å²) >= 11 is 0. The molecular formula is C42H27F3N4. The summed E-state index contributed by atoms with van der Waals surface area (Å²) in [6, 6.07) is 35.4. The SMILES string of the molecule is [C-]#[N+]c1c(-n2c3cc(C)ccc3c3ccc(C(F)(F)F)cc32)ccc(-c2cccc(C#N)c2)c1-n1c2cc(C)ccc2c2ccc(C)cc21. The lowest BCUT2D eigenvalue weighted by Gasteiger charge is -2.20. The quantitative estimate of drug-likeness (QED) is 0.176. The molecule has 0 atom stereocenters. The average molecular weight is 645 g/mol. The van der Waals surface area contributed by atoms with Gasteiger partial charge in [-0.05, 0) is 97.1 Å². The van der Waals surface area contributed by atoms with E-state index in [-0.39, 0.29) is 5.69 Å². The van der Waals surface area contributed by atoms with Gasteiger partial charge < -0.3 is 9.13 Å². The second-order valence-electron chi connectivity index (χ2n) is 12.6. The van der Waals surface area contributed by atoms with Crippen molar-refractivity contribution in [2.45, 2.75) is 26.9 Å². The Morgan fingerprint density at radius 1 is 0.633 bits per heavy atom. The number of benzene rings is 6. The third-order valence-electron chi connectivity index (χ3n) is 9.34. The van der Waals surface area contributed by atoms with Crippen LogP contribution in [0.4, 0.5) is 18.9 Å². The maximum absolute atomic E-state index is 14.1. The molecule has 0 saturated heterocycles. The zero-order chi connectivity index (χ0) is 34.2. The molecular weight excluding hydrogens is 617 g/mol. The number of fused-ring (bicyclic) bond motifs is 6. The lowest BCUT2D eigenvalue weighted by atomic mass is 9.99. The fourth-order valence-electron chi connectivity index (χ4n) is 7.12. The molecule has 0 unspecified atom stereocenters. The molecule has 0 aliphatic carbocycles. The predicted molar refractivity (Wildman–Crippen MR) is 191 cm³/mol. The molecule has 0 aliphatic rings. The van der Waals surface area contributed by atoms with Gasteiger partial charge in [-0.15, -0.1) is 0 Å². The van der Waals surface area contributed by atoms with E-state index in [4.69, 9.17) is 6.57 Å². The molecule has 6 aromatic carbocycles. The highest BCUT2D eigenvalue weighted by Crippen LogP contribution is 2.46. The number of rotatable bonds is 3. The topological polar surface area (TPSA) is 38.0 Å². The van der Waals surface area contributed by atoms with Crippen LogP contribution in [-0.4, -0.2) is 9.13 Å². The Kier molecular flexibility index (Phi) is 6.67. The summed E-state index contributed by atoms with van der Waals surface area (Å²) in [5.74, 6) is 0. The van der Waals surface area contributed by atoms with Crippen molar-refractivity contribution >= 4 is 49.3 Å². The third-order valence-corrected chi connectivity index (χ3v) is 9.34. The summed E-state index contributed by atoms with van der Waals surface area (Å²) in [4.78, 5) is 4.20. The van der Waals surface area contributed by atoms with E-state index >= 15 is 0 Å². The van der Waals surface area contributed by atoms with Crippen LogP contribution in [0.25, 0.3) is 71.0 Å². The van der Waals surface area contributed by atoms with Gasteiger partial charge in [0.25, 0.3) is 0 Å². The molecule has 0 aliphatic heterocycles. The van der Waals surface area contributed by atoms with Gasteiger partial charge in [0.05, 0.1) is 57.2 Å². The Bertz CT molecular complexity index is 2710. The van der Waals surface area contributed by atoms with Crippen LogP contribution >= 0.6 is 0 Å². The molecule has 8 aromatic rings. The Hall–Kier alpha value is -6.31. The van der Waals surface area contributed by atoms with E-state index < -0.39 is 11.7 Å². The molecule has 0 amide bonds. The zero-order valence-corrected chi connectivity index (χ0v) is 26.8. The van der Waals surface area contributed by atoms with Crippen molar-refractivity contribution in [1.82, 2.24) is 9.13 Å². The van der Waals surface area contributed by atoms with E-state index in [0.717, 1.165) is 61.1 Å². The average Bonchev–Trinajstić information content (AvgIpc) is 3.57. The van der Waals surface area contributed by atoms with Gasteiger partial charge in [0.1, 0.15) is 0 Å². The minimum atomic E-state index is -4.55. The van der Waals surface area contributed by atoms with Crippen molar-refractivity contribution in [1.29, 1.82) is 5.26 Å². The van der Waals surface area contributed by atoms with Crippen LogP contribution in [-0.2, 0) is 6.18 Å². The van der Waals surface area contributed by atoms with E-state index in [1.54, 1.807) is 16.7 Å². The first-order chi connectivity index (χ1) is 23.6. The number of aromatic nitrogens is 2. The second kappa shape index (κ2) is 10.9. The van der Waals surface area contributed by atoms with E-state index in [2.05, 4.69) is 51.9 Å². The van der Waals surface area contributed by atoms with Gasteiger partial charge in [0.15, 0.2) is 0 Å². The number of halogens is 3. The van der Waals surface area contributed by atoms with Gasteiger partial charge in [-0.3, -0.25) is 0 Å². The number of alkyl halides is 3. The van der Waals surface area contributed by atoms with E-state index in [1.807, 2.05) is 63.2 Å². The van der Waals surface area contributed by atoms with E-state index in [9.17, 15) is 18.4 Å². The van der Waals surface area contributed by atoms with Crippen LogP contribution in [0.15, 0.2) is 109 Å². The molecule has 0 N–H and O–H groups in total. The van der Waals surface area contributed by atoms with Gasteiger partial charge >= 0.3 is 6.18 Å². The number of aryl methyl sites for hydroxylation is 3. The maximum atomic E-state index is 14.1. The van der Waals surface area contributed by atoms with E-state index in [1.165, 1.54) is 12.1 Å². The van der Waals surface area contributed by atoms with Gasteiger partial charge in [0, 0.05) is 21.5 Å². The summed E-state index contributed by atoms with van der Waals surface area (Å²) < 4.78 is 46.3. The highest BCUT2D eigenvalue weighted by Gasteiger charge is 2.32. The Labute approximate surface area is 280 Å². The van der Waals surface area contributed by atoms with Crippen LogP contribution in [0.1, 0.15) is 27.8 Å². The van der Waals surface area contributed by atoms with Crippen molar-refractivity contribution in [2.24, 2.45) is 0 Å². The first kappa shape index (κ1) is 30.1. The number of hydrogen-bond donors (Lipinski definition) is 0. The van der Waals surface area contributed by atoms with Crippen molar-refractivity contribution in [3.63, 3.8) is 0 Å². The molecule has 2 heterocycles. The van der Waals surface area contributed by atoms with Gasteiger partial charge in [0.2, 0.25) is 5.69 Å². The number of hydrogen-bond acceptors (Lipinski definition) is 1. The van der Waals surface area contributed by atoms with Gasteiger partial charge in [-0.25, -0.2) is 4.85 Å². The molecule has 0 fully saturated rings. The van der Waals surface area contributed by atoms with Crippen molar-refractivity contribution in [2.75, 3.05) is 0 Å². The lowest BCUT2D eigenvalue weighted by Crippen LogP contribution is -2.05. The third kappa shape index (κ3) is 4.66. The Balaban J connectivity index is 1.59. The molecule has 0 spiro atoms. The van der Waals surface area contributed by atoms with Crippen molar-refractivity contribution in [3.8, 4) is 28.6 Å². The van der Waals surface area contributed by atoms with E-state index in [0.29, 0.717) is 33.4 Å². The first-order valence-corrected chi connectivity index (χ1v) is 15.8. The zero-order valence-electron chi connectivity index (χ0n) is 26.8. The maximum Gasteiger partial charge on any atom is 0.416 e. The molecule has 0 bridgehead atoms. The fraction of sp³-hybridized carbons (Fsp3) is 0.0952. The first-order valence-electron chi connectivity index (χ1n) is 15.8. The summed E-state index contributed by atoms with van der Waals surface area (Å²) in [7, 11) is 0. The van der Waals surface area contributed by atoms with Crippen LogP contribution in [0.5, 0.6) is 0 Å². The number of nitrogens with zero attached hydrogens (tertiary/aromatic N) is 4. The lowest BCUT2D eigenvalue weighted by molar-refractivity contribution is -0.137. The summed E-state index contributed by atoms with van der Waals surface area (Å²) in [6.07, 6.45) is -4.55. The fourth-order valence-corrected chi connectivity index (χ4v) is 7.12. The van der Waals surface area contributed by atoms with Crippen LogP contribution in [0.2, 0.25) is 0 Å². The van der Waals surface area contributed by atoms with Crippen LogP contribution in [0, 0.1) is 38.7 Å². The minimum absolute atomic E-state index is 0.277. The molecule has 8 rings (SSSR count). The largest absolute Gasteiger partial charge is 0.416 e. The Morgan fingerprint density at radius 2 is 1.16 bits per heavy atom. The second-order valence-corrected chi connectivity index (χ2v) is 12.6. The van der Waals surface area contributed by atoms with Crippen LogP contribution < -0.4 is 0 Å². The summed E-state index contributed by atoms with van der Waals surface area (Å²) in [5, 5.41) is 13.3. The predicted octanol–water partition coefficient (Wildman–Crippen LogP) is 11.9. The molecule has 7 heteroatoms. The molecule has 0 saturated carbocycles. The molecule has 236 valence electrons. The summed E-state index contributed by atoms with van der Waals surface area (Å²) in [5.41, 5.74) is 8.41. The molecule has 2 aromatic heterocycles. The minimum Gasteiger partial charge on any atom is -0.319 e. The Morgan fingerprint density at radius 3 is 1.69 bits per heavy atom. The monoisotopic (exact) mass is 644 g/mol. The van der Waals surface area contributed by atoms with Crippen molar-refractivity contribution in [3.05, 3.63) is 148 Å². The highest BCUT2D eigenvalue weighted by atomic mass is 19.4. The molecule has 49 heavy (non-hydrogen) atoms. The van der Waals surface area contributed by atoms with Gasteiger partial charge in [-0.1, -0.05) is 60.7 Å². The molecule has 4 nitrogen and oxygen atoms in total. The standard InChI is InChI=1S/C42H27F3N4/c1-24-8-12-31-34-15-11-29(42(43,44)45)22-39(34)48(36(31)18-24)35-17-16-30(28-7-5-6-27(21-28)23-46)41(40(35)47-4)49-37-19-25(2)9-13-32(37)33-14-10-26(3)20-38(33)49/h5-22H,1-3H3. The normalized spacial score (nSPS) is 11.8. The van der Waals surface area contributed by atoms with Crippen molar-refractivity contribution < 1.29 is 13.2 Å². The van der Waals surface area contributed by atoms with Crippen LogP contribution in [0.3, 0.4) is 0 Å².